The topological polar surface area (TPSA) is 73.0 Å². The van der Waals surface area contributed by atoms with Gasteiger partial charge in [0.1, 0.15) is 0 Å². The quantitative estimate of drug-likeness (QED) is 0.829. The summed E-state index contributed by atoms with van der Waals surface area (Å²) < 4.78 is 0. The third kappa shape index (κ3) is 5.32. The molecule has 1 aromatic rings. The van der Waals surface area contributed by atoms with Gasteiger partial charge in [0, 0.05) is 45.7 Å². The molecule has 2 fully saturated rings. The first-order valence-electron chi connectivity index (χ1n) is 10.1. The Morgan fingerprint density at radius 1 is 1.00 bits per heavy atom. The molecule has 1 unspecified atom stereocenters. The first-order chi connectivity index (χ1) is 13.4. The molecule has 0 bridgehead atoms. The van der Waals surface area contributed by atoms with Gasteiger partial charge in [-0.15, -0.1) is 0 Å². The molecule has 0 aromatic heterocycles. The summed E-state index contributed by atoms with van der Waals surface area (Å²) in [4.78, 5) is 42.2. The highest BCUT2D eigenvalue weighted by atomic mass is 16.2. The van der Waals surface area contributed by atoms with Crippen LogP contribution in [-0.4, -0.2) is 77.7 Å². The molecule has 2 aliphatic rings. The number of carbonyl (C=O) groups excluding carboxylic acids is 3. The number of amides is 3. The number of nitrogens with one attached hydrogen (secondary N) is 1. The van der Waals surface area contributed by atoms with E-state index in [0.717, 1.165) is 30.9 Å². The normalized spacial score (nSPS) is 20.3. The molecule has 0 aliphatic carbocycles. The molecule has 1 N–H and O–H groups in total. The highest BCUT2D eigenvalue weighted by molar-refractivity contribution is 5.88. The maximum atomic E-state index is 13.0. The minimum atomic E-state index is -0.114. The highest BCUT2D eigenvalue weighted by Gasteiger charge is 2.33. The van der Waals surface area contributed by atoms with Crippen LogP contribution in [0, 0.1) is 0 Å². The van der Waals surface area contributed by atoms with Gasteiger partial charge < -0.3 is 20.0 Å². The second-order valence-corrected chi connectivity index (χ2v) is 7.77. The summed E-state index contributed by atoms with van der Waals surface area (Å²) in [6, 6.07) is 7.44. The lowest BCUT2D eigenvalue weighted by Gasteiger charge is -2.42. The van der Waals surface area contributed by atoms with E-state index in [1.54, 1.807) is 6.92 Å². The molecule has 1 aromatic carbocycles. The first kappa shape index (κ1) is 20.3. The van der Waals surface area contributed by atoms with Gasteiger partial charge in [0.25, 0.3) is 0 Å². The molecule has 0 radical (unpaired) electrons. The third-order valence-electron chi connectivity index (χ3n) is 5.55. The molecule has 2 saturated heterocycles. The number of carbonyl (C=O) groups is 3. The molecule has 0 saturated carbocycles. The van der Waals surface area contributed by atoms with E-state index >= 15 is 0 Å². The monoisotopic (exact) mass is 386 g/mol. The van der Waals surface area contributed by atoms with Crippen molar-refractivity contribution in [3.05, 3.63) is 29.8 Å². The fourth-order valence-corrected chi connectivity index (χ4v) is 4.07. The number of nitrogens with zero attached hydrogens (tertiary/aromatic N) is 3. The minimum Gasteiger partial charge on any atom is -0.339 e. The van der Waals surface area contributed by atoms with Gasteiger partial charge >= 0.3 is 0 Å². The van der Waals surface area contributed by atoms with Crippen molar-refractivity contribution in [2.75, 3.05) is 44.6 Å². The lowest BCUT2D eigenvalue weighted by Crippen LogP contribution is -2.59. The van der Waals surface area contributed by atoms with Crippen molar-refractivity contribution < 1.29 is 14.4 Å². The molecule has 2 aliphatic heterocycles. The Kier molecular flexibility index (Phi) is 6.67. The number of benzene rings is 1. The first-order valence-corrected chi connectivity index (χ1v) is 10.1. The van der Waals surface area contributed by atoms with Gasteiger partial charge in [0.15, 0.2) is 0 Å². The number of hydrogen-bond acceptors (Lipinski definition) is 4. The fraction of sp³-hybridized carbons (Fsp3) is 0.571. The van der Waals surface area contributed by atoms with E-state index in [1.165, 1.54) is 19.8 Å². The Balaban J connectivity index is 1.65. The second kappa shape index (κ2) is 9.19. The molecular weight excluding hydrogens is 356 g/mol. The van der Waals surface area contributed by atoms with Gasteiger partial charge in [-0.05, 0) is 43.6 Å². The van der Waals surface area contributed by atoms with Crippen LogP contribution in [0.3, 0.4) is 0 Å². The standard InChI is InChI=1S/C21H30N4O3/c1-16(26)22-19-7-5-18(6-8-19)13-21(28)25-12-11-24(17(2)27)15-20(25)14-23-9-3-4-10-23/h5-8,20H,3-4,9-15H2,1-2H3,(H,22,26). The number of hydrogen-bond donors (Lipinski definition) is 1. The van der Waals surface area contributed by atoms with E-state index in [4.69, 9.17) is 0 Å². The predicted octanol–water partition coefficient (Wildman–Crippen LogP) is 1.34. The van der Waals surface area contributed by atoms with Gasteiger partial charge in [-0.2, -0.15) is 0 Å². The summed E-state index contributed by atoms with van der Waals surface area (Å²) >= 11 is 0. The van der Waals surface area contributed by atoms with Crippen molar-refractivity contribution in [3.8, 4) is 0 Å². The summed E-state index contributed by atoms with van der Waals surface area (Å²) in [5, 5.41) is 2.73. The van der Waals surface area contributed by atoms with Crippen molar-refractivity contribution >= 4 is 23.4 Å². The summed E-state index contributed by atoms with van der Waals surface area (Å²) in [5.74, 6) is 0.0590. The van der Waals surface area contributed by atoms with Crippen LogP contribution in [0.25, 0.3) is 0 Å². The van der Waals surface area contributed by atoms with Gasteiger partial charge in [0.2, 0.25) is 17.7 Å². The zero-order chi connectivity index (χ0) is 20.1. The minimum absolute atomic E-state index is 0.0434. The second-order valence-electron chi connectivity index (χ2n) is 7.77. The average Bonchev–Trinajstić information content (AvgIpc) is 3.15. The SMILES string of the molecule is CC(=O)Nc1ccc(CC(=O)N2CCN(C(C)=O)CC2CN2CCCC2)cc1. The van der Waals surface area contributed by atoms with Crippen LogP contribution < -0.4 is 5.32 Å². The van der Waals surface area contributed by atoms with Gasteiger partial charge in [-0.1, -0.05) is 12.1 Å². The maximum absolute atomic E-state index is 13.0. The number of rotatable bonds is 5. The highest BCUT2D eigenvalue weighted by Crippen LogP contribution is 2.18. The average molecular weight is 386 g/mol. The van der Waals surface area contributed by atoms with Gasteiger partial charge in [0.05, 0.1) is 12.5 Å². The molecule has 3 rings (SSSR count). The molecule has 152 valence electrons. The van der Waals surface area contributed by atoms with Crippen LogP contribution in [0.15, 0.2) is 24.3 Å². The Morgan fingerprint density at radius 2 is 1.68 bits per heavy atom. The number of piperazine rings is 1. The Bertz CT molecular complexity index is 713. The van der Waals surface area contributed by atoms with Crippen LogP contribution in [0.2, 0.25) is 0 Å². The van der Waals surface area contributed by atoms with Crippen LogP contribution in [0.1, 0.15) is 32.3 Å². The van der Waals surface area contributed by atoms with Crippen LogP contribution in [-0.2, 0) is 20.8 Å². The smallest absolute Gasteiger partial charge is 0.227 e. The summed E-state index contributed by atoms with van der Waals surface area (Å²) in [5.41, 5.74) is 1.65. The lowest BCUT2D eigenvalue weighted by atomic mass is 10.1. The molecule has 2 heterocycles. The Morgan fingerprint density at radius 3 is 2.29 bits per heavy atom. The van der Waals surface area contributed by atoms with Gasteiger partial charge in [-0.3, -0.25) is 14.4 Å². The van der Waals surface area contributed by atoms with Crippen LogP contribution >= 0.6 is 0 Å². The summed E-state index contributed by atoms with van der Waals surface area (Å²) in [6.45, 7) is 7.84. The van der Waals surface area contributed by atoms with E-state index in [1.807, 2.05) is 34.1 Å². The molecule has 28 heavy (non-hydrogen) atoms. The van der Waals surface area contributed by atoms with Crippen molar-refractivity contribution in [2.24, 2.45) is 0 Å². The summed E-state index contributed by atoms with van der Waals surface area (Å²) in [7, 11) is 0. The fourth-order valence-electron chi connectivity index (χ4n) is 4.07. The van der Waals surface area contributed by atoms with Crippen molar-refractivity contribution in [1.82, 2.24) is 14.7 Å². The van der Waals surface area contributed by atoms with Crippen molar-refractivity contribution in [1.29, 1.82) is 0 Å². The zero-order valence-corrected chi connectivity index (χ0v) is 16.8. The van der Waals surface area contributed by atoms with Crippen molar-refractivity contribution in [3.63, 3.8) is 0 Å². The molecule has 1 atom stereocenters. The Labute approximate surface area is 166 Å². The molecule has 3 amide bonds. The van der Waals surface area contributed by atoms with E-state index in [0.29, 0.717) is 26.1 Å². The number of anilines is 1. The van der Waals surface area contributed by atoms with E-state index < -0.39 is 0 Å². The maximum Gasteiger partial charge on any atom is 0.227 e. The largest absolute Gasteiger partial charge is 0.339 e. The third-order valence-corrected chi connectivity index (χ3v) is 5.55. The zero-order valence-electron chi connectivity index (χ0n) is 16.8. The molecular formula is C21H30N4O3. The van der Waals surface area contributed by atoms with E-state index in [-0.39, 0.29) is 23.8 Å². The van der Waals surface area contributed by atoms with Crippen LogP contribution in [0.5, 0.6) is 0 Å². The lowest BCUT2D eigenvalue weighted by molar-refractivity contribution is -0.142. The number of likely N-dealkylation sites (tertiary alicyclic amines) is 1. The van der Waals surface area contributed by atoms with Crippen LogP contribution in [0.4, 0.5) is 5.69 Å². The molecule has 7 heteroatoms. The van der Waals surface area contributed by atoms with Crippen molar-refractivity contribution in [2.45, 2.75) is 39.2 Å². The van der Waals surface area contributed by atoms with E-state index in [9.17, 15) is 14.4 Å². The molecule has 7 nitrogen and oxygen atoms in total. The Hall–Kier alpha value is -2.41. The van der Waals surface area contributed by atoms with E-state index in [2.05, 4.69) is 10.2 Å². The molecule has 0 spiro atoms. The predicted molar refractivity (Wildman–Crippen MR) is 108 cm³/mol. The summed E-state index contributed by atoms with van der Waals surface area (Å²) in [6.07, 6.45) is 2.74. The van der Waals surface area contributed by atoms with Gasteiger partial charge in [-0.25, -0.2) is 0 Å².